The maximum atomic E-state index is 12.3. The number of nitrogens with zero attached hydrogens (tertiary/aromatic N) is 2. The number of hydrogen-bond acceptors (Lipinski definition) is 5. The maximum Gasteiger partial charge on any atom is 0.234 e. The zero-order chi connectivity index (χ0) is 21.9. The van der Waals surface area contributed by atoms with E-state index in [1.54, 1.807) is 11.3 Å². The average Bonchev–Trinajstić information content (AvgIpc) is 3.46. The molecule has 0 unspecified atom stereocenters. The second-order valence-electron chi connectivity index (χ2n) is 7.02. The molecule has 0 atom stereocenters. The molecule has 1 amide bonds. The lowest BCUT2D eigenvalue weighted by atomic mass is 10.1. The Kier molecular flexibility index (Phi) is 5.94. The molecule has 5 aromatic rings. The predicted octanol–water partition coefficient (Wildman–Crippen LogP) is 6.74. The second kappa shape index (κ2) is 9.16. The van der Waals surface area contributed by atoms with Gasteiger partial charge in [-0.2, -0.15) is 0 Å². The van der Waals surface area contributed by atoms with Crippen LogP contribution in [0.5, 0.6) is 0 Å². The minimum absolute atomic E-state index is 0.0816. The summed E-state index contributed by atoms with van der Waals surface area (Å²) < 4.78 is 0. The molecule has 0 aliphatic rings. The van der Waals surface area contributed by atoms with E-state index in [1.807, 2.05) is 78.2 Å². The van der Waals surface area contributed by atoms with E-state index in [4.69, 9.17) is 16.6 Å². The van der Waals surface area contributed by atoms with Crippen molar-refractivity contribution in [2.45, 2.75) is 5.16 Å². The van der Waals surface area contributed by atoms with E-state index in [0.29, 0.717) is 5.02 Å². The standard InChI is InChI=1S/C24H17ClN4OS2/c25-17-9-5-16(6-10-17)23-27-21(13-31-23)15-7-11-18(12-8-15)26-22(30)14-32-24-28-19-3-1-2-4-20(19)29-24/h1-13H,14H2,(H,26,30)(H,28,29). The van der Waals surface area contributed by atoms with Gasteiger partial charge in [-0.25, -0.2) is 9.97 Å². The first-order chi connectivity index (χ1) is 15.6. The quantitative estimate of drug-likeness (QED) is 0.266. The molecule has 0 saturated heterocycles. The Morgan fingerprint density at radius 3 is 2.50 bits per heavy atom. The summed E-state index contributed by atoms with van der Waals surface area (Å²) >= 11 is 8.93. The van der Waals surface area contributed by atoms with E-state index in [1.165, 1.54) is 11.8 Å². The molecule has 5 nitrogen and oxygen atoms in total. The van der Waals surface area contributed by atoms with Crippen LogP contribution < -0.4 is 5.32 Å². The molecule has 2 N–H and O–H groups in total. The molecule has 0 aliphatic heterocycles. The monoisotopic (exact) mass is 476 g/mol. The van der Waals surface area contributed by atoms with E-state index in [9.17, 15) is 4.79 Å². The summed E-state index contributed by atoms with van der Waals surface area (Å²) in [5.41, 5.74) is 5.54. The number of aromatic nitrogens is 3. The molecular weight excluding hydrogens is 460 g/mol. The average molecular weight is 477 g/mol. The van der Waals surface area contributed by atoms with Crippen molar-refractivity contribution in [2.75, 3.05) is 11.1 Å². The van der Waals surface area contributed by atoms with Crippen molar-refractivity contribution in [3.8, 4) is 21.8 Å². The number of thiazole rings is 1. The van der Waals surface area contributed by atoms with Gasteiger partial charge in [0.05, 0.1) is 22.5 Å². The van der Waals surface area contributed by atoms with Crippen LogP contribution in [0.25, 0.3) is 32.9 Å². The fourth-order valence-electron chi connectivity index (χ4n) is 3.18. The van der Waals surface area contributed by atoms with E-state index in [0.717, 1.165) is 43.7 Å². The first kappa shape index (κ1) is 20.8. The molecule has 8 heteroatoms. The number of anilines is 1. The third-order valence-electron chi connectivity index (χ3n) is 4.77. The van der Waals surface area contributed by atoms with Crippen LogP contribution in [0.4, 0.5) is 5.69 Å². The Bertz CT molecular complexity index is 1340. The zero-order valence-electron chi connectivity index (χ0n) is 16.7. The van der Waals surface area contributed by atoms with Crippen LogP contribution >= 0.6 is 34.7 Å². The molecule has 32 heavy (non-hydrogen) atoms. The highest BCUT2D eigenvalue weighted by Gasteiger charge is 2.09. The number of imidazole rings is 1. The maximum absolute atomic E-state index is 12.3. The topological polar surface area (TPSA) is 70.7 Å². The highest BCUT2D eigenvalue weighted by Crippen LogP contribution is 2.30. The molecule has 0 radical (unpaired) electrons. The van der Waals surface area contributed by atoms with Gasteiger partial charge in [0, 0.05) is 27.2 Å². The third-order valence-corrected chi connectivity index (χ3v) is 6.78. The van der Waals surface area contributed by atoms with Crippen LogP contribution in [0.15, 0.2) is 83.3 Å². The van der Waals surface area contributed by atoms with Crippen molar-refractivity contribution in [1.29, 1.82) is 0 Å². The van der Waals surface area contributed by atoms with Gasteiger partial charge >= 0.3 is 0 Å². The van der Waals surface area contributed by atoms with E-state index in [2.05, 4.69) is 15.3 Å². The van der Waals surface area contributed by atoms with Crippen LogP contribution in [-0.2, 0) is 4.79 Å². The number of halogens is 1. The summed E-state index contributed by atoms with van der Waals surface area (Å²) in [5.74, 6) is 0.194. The molecule has 158 valence electrons. The first-order valence-electron chi connectivity index (χ1n) is 9.83. The fourth-order valence-corrected chi connectivity index (χ4v) is 4.83. The normalized spacial score (nSPS) is 11.0. The van der Waals surface area contributed by atoms with E-state index >= 15 is 0 Å². The van der Waals surface area contributed by atoms with E-state index in [-0.39, 0.29) is 11.7 Å². The molecule has 2 heterocycles. The largest absolute Gasteiger partial charge is 0.333 e. The number of carbonyl (C=O) groups excluding carboxylic acids is 1. The van der Waals surface area contributed by atoms with E-state index < -0.39 is 0 Å². The lowest BCUT2D eigenvalue weighted by molar-refractivity contribution is -0.113. The Hall–Kier alpha value is -3.13. The highest BCUT2D eigenvalue weighted by molar-refractivity contribution is 7.99. The van der Waals surface area contributed by atoms with Gasteiger partial charge in [0.1, 0.15) is 5.01 Å². The number of fused-ring (bicyclic) bond motifs is 1. The van der Waals surface area contributed by atoms with Crippen molar-refractivity contribution in [1.82, 2.24) is 15.0 Å². The van der Waals surface area contributed by atoms with Gasteiger partial charge < -0.3 is 10.3 Å². The van der Waals surface area contributed by atoms with Crippen molar-refractivity contribution in [3.05, 3.63) is 83.2 Å². The summed E-state index contributed by atoms with van der Waals surface area (Å²) in [7, 11) is 0. The minimum Gasteiger partial charge on any atom is -0.333 e. The number of thioether (sulfide) groups is 1. The number of hydrogen-bond donors (Lipinski definition) is 2. The molecule has 0 aliphatic carbocycles. The second-order valence-corrected chi connectivity index (χ2v) is 9.28. The number of H-pyrrole nitrogens is 1. The summed E-state index contributed by atoms with van der Waals surface area (Å²) in [6.45, 7) is 0. The number of amides is 1. The molecule has 5 rings (SSSR count). The Morgan fingerprint density at radius 1 is 0.969 bits per heavy atom. The third kappa shape index (κ3) is 4.70. The van der Waals surface area contributed by atoms with Crippen molar-refractivity contribution in [2.24, 2.45) is 0 Å². The lowest BCUT2D eigenvalue weighted by Gasteiger charge is -2.05. The summed E-state index contributed by atoms with van der Waals surface area (Å²) in [4.78, 5) is 24.8. The number of carbonyl (C=O) groups is 1. The Balaban J connectivity index is 1.20. The molecule has 3 aromatic carbocycles. The Labute approximate surface area is 197 Å². The van der Waals surface area contributed by atoms with Gasteiger partial charge in [-0.3, -0.25) is 4.79 Å². The van der Waals surface area contributed by atoms with Gasteiger partial charge in [-0.1, -0.05) is 59.8 Å². The SMILES string of the molecule is O=C(CSc1nc2ccccc2[nH]1)Nc1ccc(-c2csc(-c3ccc(Cl)cc3)n2)cc1. The molecule has 0 saturated carbocycles. The van der Waals surface area contributed by atoms with Crippen LogP contribution in [0, 0.1) is 0 Å². The van der Waals surface area contributed by atoms with Gasteiger partial charge in [-0.15, -0.1) is 11.3 Å². The number of benzene rings is 3. The molecule has 0 spiro atoms. The van der Waals surface area contributed by atoms with Crippen LogP contribution in [-0.4, -0.2) is 26.6 Å². The van der Waals surface area contributed by atoms with Gasteiger partial charge in [0.2, 0.25) is 5.91 Å². The summed E-state index contributed by atoms with van der Waals surface area (Å²) in [5, 5.41) is 7.34. The van der Waals surface area contributed by atoms with Crippen LogP contribution in [0.3, 0.4) is 0 Å². The fraction of sp³-hybridized carbons (Fsp3) is 0.0417. The summed E-state index contributed by atoms with van der Waals surface area (Å²) in [6.07, 6.45) is 0. The number of rotatable bonds is 6. The number of aromatic amines is 1. The molecule has 0 bridgehead atoms. The summed E-state index contributed by atoms with van der Waals surface area (Å²) in [6, 6.07) is 23.2. The predicted molar refractivity (Wildman–Crippen MR) is 133 cm³/mol. The smallest absolute Gasteiger partial charge is 0.234 e. The number of para-hydroxylation sites is 2. The minimum atomic E-state index is -0.0816. The van der Waals surface area contributed by atoms with Gasteiger partial charge in [0.25, 0.3) is 0 Å². The lowest BCUT2D eigenvalue weighted by Crippen LogP contribution is -2.14. The van der Waals surface area contributed by atoms with Crippen LogP contribution in [0.1, 0.15) is 0 Å². The Morgan fingerprint density at radius 2 is 1.72 bits per heavy atom. The van der Waals surface area contributed by atoms with Crippen molar-refractivity contribution >= 4 is 57.3 Å². The van der Waals surface area contributed by atoms with Crippen molar-refractivity contribution < 1.29 is 4.79 Å². The van der Waals surface area contributed by atoms with Gasteiger partial charge in [0.15, 0.2) is 5.16 Å². The highest BCUT2D eigenvalue weighted by atomic mass is 35.5. The number of nitrogens with one attached hydrogen (secondary N) is 2. The van der Waals surface area contributed by atoms with Crippen molar-refractivity contribution in [3.63, 3.8) is 0 Å². The molecule has 0 fully saturated rings. The molecule has 2 aromatic heterocycles. The van der Waals surface area contributed by atoms with Gasteiger partial charge in [-0.05, 0) is 36.4 Å². The molecular formula is C24H17ClN4OS2. The van der Waals surface area contributed by atoms with Crippen LogP contribution in [0.2, 0.25) is 5.02 Å². The zero-order valence-corrected chi connectivity index (χ0v) is 19.1. The first-order valence-corrected chi connectivity index (χ1v) is 12.1.